The summed E-state index contributed by atoms with van der Waals surface area (Å²) in [5, 5.41) is 0. The predicted molar refractivity (Wildman–Crippen MR) is 144 cm³/mol. The summed E-state index contributed by atoms with van der Waals surface area (Å²) >= 11 is 0. The molecule has 2 N–H and O–H groups in total. The van der Waals surface area contributed by atoms with Gasteiger partial charge in [-0.05, 0) is 85.3 Å². The van der Waals surface area contributed by atoms with Gasteiger partial charge in [0.05, 0.1) is 28.3 Å². The minimum absolute atomic E-state index is 0.872. The number of aryl methyl sites for hydroxylation is 1. The van der Waals surface area contributed by atoms with Crippen LogP contribution in [0.3, 0.4) is 0 Å². The molecule has 6 heterocycles. The maximum atomic E-state index is 6.28. The van der Waals surface area contributed by atoms with Gasteiger partial charge in [-0.1, -0.05) is 26.2 Å². The molecule has 0 radical (unpaired) electrons. The lowest BCUT2D eigenvalue weighted by molar-refractivity contribution is 0.506. The number of nitrogens with one attached hydrogen (secondary N) is 2. The van der Waals surface area contributed by atoms with Gasteiger partial charge in [-0.15, -0.1) is 0 Å². The quantitative estimate of drug-likeness (QED) is 0.247. The van der Waals surface area contributed by atoms with Gasteiger partial charge in [0.1, 0.15) is 11.5 Å². The Morgan fingerprint density at radius 3 is 2.00 bits per heavy atom. The van der Waals surface area contributed by atoms with Crippen LogP contribution in [0.4, 0.5) is 0 Å². The lowest BCUT2D eigenvalue weighted by atomic mass is 10.1. The first-order chi connectivity index (χ1) is 17.2. The summed E-state index contributed by atoms with van der Waals surface area (Å²) in [7, 11) is 0. The van der Waals surface area contributed by atoms with Crippen LogP contribution in [0.5, 0.6) is 0 Å². The van der Waals surface area contributed by atoms with Crippen molar-refractivity contribution in [1.82, 2.24) is 19.9 Å². The number of furan rings is 1. The van der Waals surface area contributed by atoms with Crippen LogP contribution in [-0.4, -0.2) is 19.9 Å². The van der Waals surface area contributed by atoms with Gasteiger partial charge in [0.15, 0.2) is 0 Å². The molecule has 0 amide bonds. The molecule has 0 fully saturated rings. The highest BCUT2D eigenvalue weighted by atomic mass is 16.3. The number of H-pyrrole nitrogens is 2. The van der Waals surface area contributed by atoms with Gasteiger partial charge < -0.3 is 14.4 Å². The zero-order chi connectivity index (χ0) is 23.6. The van der Waals surface area contributed by atoms with Crippen molar-refractivity contribution in [2.45, 2.75) is 39.0 Å². The first-order valence-electron chi connectivity index (χ1n) is 12.4. The predicted octanol–water partition coefficient (Wildman–Crippen LogP) is 8.04. The van der Waals surface area contributed by atoms with E-state index in [1.54, 1.807) is 0 Å². The number of hydrogen-bond donors (Lipinski definition) is 2. The van der Waals surface area contributed by atoms with Crippen molar-refractivity contribution in [3.05, 3.63) is 83.1 Å². The van der Waals surface area contributed by atoms with E-state index in [4.69, 9.17) is 14.4 Å². The maximum Gasteiger partial charge on any atom is 0.136 e. The van der Waals surface area contributed by atoms with Crippen LogP contribution in [0, 0.1) is 0 Å². The Labute approximate surface area is 204 Å². The molecule has 4 aromatic heterocycles. The number of aromatic amines is 2. The van der Waals surface area contributed by atoms with Gasteiger partial charge in [-0.2, -0.15) is 0 Å². The summed E-state index contributed by atoms with van der Waals surface area (Å²) in [5.41, 5.74) is 8.64. The number of unbranched alkanes of at least 4 members (excludes halogenated alkanes) is 3. The molecule has 0 atom stereocenters. The Morgan fingerprint density at radius 2 is 1.31 bits per heavy atom. The molecule has 35 heavy (non-hydrogen) atoms. The van der Waals surface area contributed by atoms with Crippen LogP contribution in [-0.2, 0) is 6.42 Å². The summed E-state index contributed by atoms with van der Waals surface area (Å²) in [5.74, 6) is 1.91. The Hall–Kier alpha value is -4.12. The first kappa shape index (κ1) is 21.4. The molecule has 0 saturated carbocycles. The molecule has 4 aromatic rings. The fourth-order valence-electron chi connectivity index (χ4n) is 4.60. The largest absolute Gasteiger partial charge is 0.461 e. The average Bonchev–Trinajstić information content (AvgIpc) is 3.66. The van der Waals surface area contributed by atoms with Crippen molar-refractivity contribution in [3.8, 4) is 11.3 Å². The monoisotopic (exact) mass is 460 g/mol. The second-order valence-corrected chi connectivity index (χ2v) is 9.16. The normalized spacial score (nSPS) is 12.5. The molecule has 0 spiro atoms. The van der Waals surface area contributed by atoms with Crippen LogP contribution in [0.2, 0.25) is 0 Å². The first-order valence-corrected chi connectivity index (χ1v) is 12.4. The molecule has 174 valence electrons. The van der Waals surface area contributed by atoms with Crippen molar-refractivity contribution in [3.63, 3.8) is 0 Å². The number of fused-ring (bicyclic) bond motifs is 8. The van der Waals surface area contributed by atoms with E-state index in [0.29, 0.717) is 0 Å². The molecular formula is C30H28N4O. The molecule has 0 aromatic carbocycles. The number of nitrogens with zero attached hydrogens (tertiary/aromatic N) is 2. The number of rotatable bonds is 6. The SMILES string of the molecule is CCCCCCc1ccc(-c2cc3cc4nc(cc5ccc(cc6nc(cc2[nH]3)C=C6)[nH]5)C=C4)o1. The molecule has 0 aliphatic carbocycles. The van der Waals surface area contributed by atoms with Gasteiger partial charge in [0, 0.05) is 28.5 Å². The van der Waals surface area contributed by atoms with E-state index in [9.17, 15) is 0 Å². The van der Waals surface area contributed by atoms with E-state index in [0.717, 1.165) is 74.8 Å². The van der Waals surface area contributed by atoms with E-state index < -0.39 is 0 Å². The van der Waals surface area contributed by atoms with Gasteiger partial charge in [-0.3, -0.25) is 0 Å². The Bertz CT molecular complexity index is 1600. The second-order valence-electron chi connectivity index (χ2n) is 9.16. The van der Waals surface area contributed by atoms with Crippen LogP contribution < -0.4 is 0 Å². The number of aromatic nitrogens is 4. The zero-order valence-corrected chi connectivity index (χ0v) is 19.8. The summed E-state index contributed by atoms with van der Waals surface area (Å²) < 4.78 is 6.28. The third-order valence-electron chi connectivity index (χ3n) is 6.37. The fraction of sp³-hybridized carbons (Fsp3) is 0.200. The lowest BCUT2D eigenvalue weighted by Crippen LogP contribution is -1.82. The van der Waals surface area contributed by atoms with Crippen LogP contribution in [0.1, 0.15) is 61.1 Å². The molecule has 0 unspecified atom stereocenters. The summed E-state index contributed by atoms with van der Waals surface area (Å²) in [6.07, 6.45) is 14.0. The fourth-order valence-corrected chi connectivity index (χ4v) is 4.60. The molecule has 5 heteroatoms. The standard InChI is InChI=1S/C30H28N4O/c1-2-3-4-5-6-27-13-14-30(35-27)28-18-26-17-24-10-9-22(32-24)15-20-7-8-21(31-20)16-23-11-12-25(33-23)19-29(28)34-26/h7-19,31,34H,2-6H2,1H3. The molecule has 2 aliphatic rings. The average molecular weight is 461 g/mol. The van der Waals surface area contributed by atoms with Crippen molar-refractivity contribution < 1.29 is 4.42 Å². The highest BCUT2D eigenvalue weighted by molar-refractivity contribution is 5.86. The smallest absolute Gasteiger partial charge is 0.136 e. The van der Waals surface area contributed by atoms with Crippen molar-refractivity contribution in [1.29, 1.82) is 0 Å². The van der Waals surface area contributed by atoms with E-state index in [2.05, 4.69) is 71.5 Å². The highest BCUT2D eigenvalue weighted by Gasteiger charge is 2.11. The Morgan fingerprint density at radius 1 is 0.657 bits per heavy atom. The maximum absolute atomic E-state index is 6.28. The molecular weight excluding hydrogens is 432 g/mol. The second kappa shape index (κ2) is 9.26. The zero-order valence-electron chi connectivity index (χ0n) is 19.8. The van der Waals surface area contributed by atoms with Crippen LogP contribution in [0.15, 0.2) is 59.0 Å². The highest BCUT2D eigenvalue weighted by Crippen LogP contribution is 2.30. The Balaban J connectivity index is 1.48. The summed E-state index contributed by atoms with van der Waals surface area (Å²) in [6, 6.07) is 18.7. The molecule has 8 bridgehead atoms. The topological polar surface area (TPSA) is 70.5 Å². The molecule has 0 saturated heterocycles. The van der Waals surface area contributed by atoms with Crippen molar-refractivity contribution in [2.75, 3.05) is 0 Å². The third kappa shape index (κ3) is 4.76. The van der Waals surface area contributed by atoms with Gasteiger partial charge in [0.2, 0.25) is 0 Å². The number of hydrogen-bond acceptors (Lipinski definition) is 3. The Kier molecular flexibility index (Phi) is 5.67. The molecule has 2 aliphatic heterocycles. The van der Waals surface area contributed by atoms with E-state index in [1.165, 1.54) is 19.3 Å². The molecule has 6 rings (SSSR count). The van der Waals surface area contributed by atoms with E-state index in [1.807, 2.05) is 24.3 Å². The minimum atomic E-state index is 0.872. The molecule has 5 nitrogen and oxygen atoms in total. The van der Waals surface area contributed by atoms with Crippen LogP contribution in [0.25, 0.3) is 57.7 Å². The van der Waals surface area contributed by atoms with Gasteiger partial charge >= 0.3 is 0 Å². The third-order valence-corrected chi connectivity index (χ3v) is 6.37. The van der Waals surface area contributed by atoms with Crippen molar-refractivity contribution >= 4 is 46.4 Å². The van der Waals surface area contributed by atoms with Gasteiger partial charge in [0.25, 0.3) is 0 Å². The summed E-state index contributed by atoms with van der Waals surface area (Å²) in [4.78, 5) is 16.5. The lowest BCUT2D eigenvalue weighted by Gasteiger charge is -1.97. The van der Waals surface area contributed by atoms with Crippen LogP contribution >= 0.6 is 0 Å². The summed E-state index contributed by atoms with van der Waals surface area (Å²) in [6.45, 7) is 2.24. The van der Waals surface area contributed by atoms with Crippen molar-refractivity contribution in [2.24, 2.45) is 0 Å². The van der Waals surface area contributed by atoms with E-state index >= 15 is 0 Å². The van der Waals surface area contributed by atoms with E-state index in [-0.39, 0.29) is 0 Å². The van der Waals surface area contributed by atoms with Gasteiger partial charge in [-0.25, -0.2) is 9.97 Å². The minimum Gasteiger partial charge on any atom is -0.461 e.